The van der Waals surface area contributed by atoms with E-state index in [2.05, 4.69) is 19.2 Å². The molecule has 2 aromatic carbocycles. The minimum absolute atomic E-state index is 0.147. The summed E-state index contributed by atoms with van der Waals surface area (Å²) < 4.78 is 14.0. The lowest BCUT2D eigenvalue weighted by molar-refractivity contribution is 0.553. The summed E-state index contributed by atoms with van der Waals surface area (Å²) >= 11 is 0. The van der Waals surface area contributed by atoms with Crippen LogP contribution >= 0.6 is 0 Å². The van der Waals surface area contributed by atoms with Gasteiger partial charge in [-0.25, -0.2) is 4.39 Å². The van der Waals surface area contributed by atoms with Gasteiger partial charge < -0.3 is 5.32 Å². The van der Waals surface area contributed by atoms with Crippen LogP contribution in [0.2, 0.25) is 0 Å². The van der Waals surface area contributed by atoms with E-state index in [0.29, 0.717) is 18.2 Å². The number of rotatable bonds is 4. The van der Waals surface area contributed by atoms with E-state index in [9.17, 15) is 4.39 Å². The first-order valence-corrected chi connectivity index (χ1v) is 6.65. The Kier molecular flexibility index (Phi) is 4.33. The molecule has 2 aromatic rings. The minimum atomic E-state index is -0.147. The first-order chi connectivity index (χ1) is 9.06. The fourth-order valence-corrected chi connectivity index (χ4v) is 1.93. The lowest BCUT2D eigenvalue weighted by Crippen LogP contribution is -2.22. The van der Waals surface area contributed by atoms with Crippen molar-refractivity contribution in [2.24, 2.45) is 0 Å². The Morgan fingerprint density at radius 1 is 1.00 bits per heavy atom. The third-order valence-electron chi connectivity index (χ3n) is 3.14. The SMILES string of the molecule is Cc1ccc(-c2ccc(CNC(C)C)c(F)c2)cc1. The van der Waals surface area contributed by atoms with E-state index in [1.54, 1.807) is 6.07 Å². The van der Waals surface area contributed by atoms with Gasteiger partial charge in [0.25, 0.3) is 0 Å². The fourth-order valence-electron chi connectivity index (χ4n) is 1.93. The first-order valence-electron chi connectivity index (χ1n) is 6.65. The zero-order valence-electron chi connectivity index (χ0n) is 11.7. The molecule has 2 heteroatoms. The molecular weight excluding hydrogens is 237 g/mol. The number of nitrogens with one attached hydrogen (secondary N) is 1. The van der Waals surface area contributed by atoms with Crippen LogP contribution < -0.4 is 5.32 Å². The van der Waals surface area contributed by atoms with Crippen molar-refractivity contribution in [2.75, 3.05) is 0 Å². The largest absolute Gasteiger partial charge is 0.310 e. The Labute approximate surface area is 114 Å². The fraction of sp³-hybridized carbons (Fsp3) is 0.294. The number of halogens is 1. The van der Waals surface area contributed by atoms with Crippen LogP contribution in [0.15, 0.2) is 42.5 Å². The molecule has 0 aliphatic heterocycles. The van der Waals surface area contributed by atoms with Crippen molar-refractivity contribution in [3.05, 3.63) is 59.4 Å². The standard InChI is InChI=1S/C17H20FN/c1-12(2)19-11-16-9-8-15(10-17(16)18)14-6-4-13(3)5-7-14/h4-10,12,19H,11H2,1-3H3. The van der Waals surface area contributed by atoms with E-state index in [-0.39, 0.29) is 5.82 Å². The smallest absolute Gasteiger partial charge is 0.128 e. The molecule has 1 nitrogen and oxygen atoms in total. The summed E-state index contributed by atoms with van der Waals surface area (Å²) in [5.41, 5.74) is 3.89. The molecule has 0 atom stereocenters. The highest BCUT2D eigenvalue weighted by atomic mass is 19.1. The summed E-state index contributed by atoms with van der Waals surface area (Å²) in [6, 6.07) is 13.9. The highest BCUT2D eigenvalue weighted by Crippen LogP contribution is 2.22. The second-order valence-corrected chi connectivity index (χ2v) is 5.21. The van der Waals surface area contributed by atoms with Crippen LogP contribution in [-0.4, -0.2) is 6.04 Å². The minimum Gasteiger partial charge on any atom is -0.310 e. The summed E-state index contributed by atoms with van der Waals surface area (Å²) in [5, 5.41) is 3.23. The van der Waals surface area contributed by atoms with E-state index >= 15 is 0 Å². The third-order valence-corrected chi connectivity index (χ3v) is 3.14. The van der Waals surface area contributed by atoms with Crippen molar-refractivity contribution < 1.29 is 4.39 Å². The van der Waals surface area contributed by atoms with E-state index in [4.69, 9.17) is 0 Å². The Morgan fingerprint density at radius 3 is 2.21 bits per heavy atom. The van der Waals surface area contributed by atoms with Gasteiger partial charge in [0, 0.05) is 18.2 Å². The van der Waals surface area contributed by atoms with Gasteiger partial charge in [0.05, 0.1) is 0 Å². The molecule has 0 bridgehead atoms. The molecule has 0 unspecified atom stereocenters. The van der Waals surface area contributed by atoms with E-state index in [1.807, 2.05) is 43.3 Å². The van der Waals surface area contributed by atoms with Crippen molar-refractivity contribution in [3.63, 3.8) is 0 Å². The zero-order valence-corrected chi connectivity index (χ0v) is 11.7. The predicted octanol–water partition coefficient (Wildman–Crippen LogP) is 4.30. The summed E-state index contributed by atoms with van der Waals surface area (Å²) in [7, 11) is 0. The van der Waals surface area contributed by atoms with Crippen LogP contribution in [-0.2, 0) is 6.54 Å². The maximum absolute atomic E-state index is 14.0. The molecule has 0 aromatic heterocycles. The summed E-state index contributed by atoms with van der Waals surface area (Å²) in [6.45, 7) is 6.72. The molecule has 0 aliphatic carbocycles. The van der Waals surface area contributed by atoms with Gasteiger partial charge >= 0.3 is 0 Å². The van der Waals surface area contributed by atoms with Crippen LogP contribution in [0.1, 0.15) is 25.0 Å². The lowest BCUT2D eigenvalue weighted by Gasteiger charge is -2.10. The van der Waals surface area contributed by atoms with Crippen molar-refractivity contribution >= 4 is 0 Å². The second kappa shape index (κ2) is 5.98. The van der Waals surface area contributed by atoms with Crippen LogP contribution in [0.4, 0.5) is 4.39 Å². The van der Waals surface area contributed by atoms with Crippen molar-refractivity contribution in [1.29, 1.82) is 0 Å². The molecule has 0 radical (unpaired) electrons. The monoisotopic (exact) mass is 257 g/mol. The Hall–Kier alpha value is -1.67. The molecule has 19 heavy (non-hydrogen) atoms. The second-order valence-electron chi connectivity index (χ2n) is 5.21. The molecule has 0 heterocycles. The molecule has 0 amide bonds. The van der Waals surface area contributed by atoms with E-state index in [0.717, 1.165) is 11.1 Å². The number of aryl methyl sites for hydroxylation is 1. The molecular formula is C17H20FN. The van der Waals surface area contributed by atoms with Crippen molar-refractivity contribution in [3.8, 4) is 11.1 Å². The summed E-state index contributed by atoms with van der Waals surface area (Å²) in [5.74, 6) is -0.147. The zero-order chi connectivity index (χ0) is 13.8. The van der Waals surface area contributed by atoms with Gasteiger partial charge in [-0.3, -0.25) is 0 Å². The van der Waals surface area contributed by atoms with E-state index in [1.165, 1.54) is 5.56 Å². The number of hydrogen-bond acceptors (Lipinski definition) is 1. The summed E-state index contributed by atoms with van der Waals surface area (Å²) in [6.07, 6.45) is 0. The maximum Gasteiger partial charge on any atom is 0.128 e. The van der Waals surface area contributed by atoms with Crippen LogP contribution in [0, 0.1) is 12.7 Å². The number of benzene rings is 2. The molecule has 0 saturated carbocycles. The van der Waals surface area contributed by atoms with Gasteiger partial charge in [0.15, 0.2) is 0 Å². The lowest BCUT2D eigenvalue weighted by atomic mass is 10.0. The third kappa shape index (κ3) is 3.65. The molecule has 100 valence electrons. The van der Waals surface area contributed by atoms with Crippen LogP contribution in [0.3, 0.4) is 0 Å². The summed E-state index contributed by atoms with van der Waals surface area (Å²) in [4.78, 5) is 0. The Bertz CT molecular complexity index is 544. The average Bonchev–Trinajstić information content (AvgIpc) is 2.38. The van der Waals surface area contributed by atoms with Gasteiger partial charge in [-0.2, -0.15) is 0 Å². The quantitative estimate of drug-likeness (QED) is 0.861. The highest BCUT2D eigenvalue weighted by molar-refractivity contribution is 5.64. The molecule has 0 aliphatic rings. The van der Waals surface area contributed by atoms with Gasteiger partial charge in [0.1, 0.15) is 5.82 Å². The van der Waals surface area contributed by atoms with Crippen LogP contribution in [0.25, 0.3) is 11.1 Å². The van der Waals surface area contributed by atoms with Gasteiger partial charge in [0.2, 0.25) is 0 Å². The molecule has 0 spiro atoms. The topological polar surface area (TPSA) is 12.0 Å². The van der Waals surface area contributed by atoms with Gasteiger partial charge in [-0.1, -0.05) is 55.8 Å². The normalized spacial score (nSPS) is 11.0. The van der Waals surface area contributed by atoms with E-state index < -0.39 is 0 Å². The van der Waals surface area contributed by atoms with Gasteiger partial charge in [-0.05, 0) is 24.1 Å². The van der Waals surface area contributed by atoms with Crippen molar-refractivity contribution in [1.82, 2.24) is 5.32 Å². The number of hydrogen-bond donors (Lipinski definition) is 1. The van der Waals surface area contributed by atoms with Crippen molar-refractivity contribution in [2.45, 2.75) is 33.4 Å². The molecule has 2 rings (SSSR count). The average molecular weight is 257 g/mol. The predicted molar refractivity (Wildman–Crippen MR) is 78.5 cm³/mol. The maximum atomic E-state index is 14.0. The molecule has 0 fully saturated rings. The Balaban J connectivity index is 2.21. The van der Waals surface area contributed by atoms with Crippen LogP contribution in [0.5, 0.6) is 0 Å². The molecule has 1 N–H and O–H groups in total. The van der Waals surface area contributed by atoms with Gasteiger partial charge in [-0.15, -0.1) is 0 Å². The Morgan fingerprint density at radius 2 is 1.63 bits per heavy atom. The first kappa shape index (κ1) is 13.8. The highest BCUT2D eigenvalue weighted by Gasteiger charge is 2.05. The molecule has 0 saturated heterocycles.